The predicted molar refractivity (Wildman–Crippen MR) is 68.2 cm³/mol. The largest absolute Gasteiger partial charge is 0.337 e. The van der Waals surface area contributed by atoms with Gasteiger partial charge in [0.2, 0.25) is 0 Å². The first-order valence-corrected chi connectivity index (χ1v) is 6.85. The fourth-order valence-electron chi connectivity index (χ4n) is 1.92. The molecular weight excluding hydrogens is 248 g/mol. The molecule has 0 unspecified atom stereocenters. The SMILES string of the molecule is Cn1ccnc1CN(C(=O)c1cscn1)C1CC1. The summed E-state index contributed by atoms with van der Waals surface area (Å²) < 4.78 is 1.95. The van der Waals surface area contributed by atoms with Gasteiger partial charge in [-0.25, -0.2) is 9.97 Å². The van der Waals surface area contributed by atoms with Crippen molar-refractivity contribution in [2.45, 2.75) is 25.4 Å². The predicted octanol–water partition coefficient (Wildman–Crippen LogP) is 1.68. The van der Waals surface area contributed by atoms with Crippen LogP contribution in [-0.4, -0.2) is 31.4 Å². The lowest BCUT2D eigenvalue weighted by atomic mass is 10.3. The van der Waals surface area contributed by atoms with E-state index < -0.39 is 0 Å². The monoisotopic (exact) mass is 262 g/mol. The van der Waals surface area contributed by atoms with Crippen LogP contribution in [0.4, 0.5) is 0 Å². The van der Waals surface area contributed by atoms with Gasteiger partial charge in [0.25, 0.3) is 5.91 Å². The molecule has 0 saturated heterocycles. The van der Waals surface area contributed by atoms with Crippen LogP contribution < -0.4 is 0 Å². The molecule has 5 nitrogen and oxygen atoms in total. The Hall–Kier alpha value is -1.69. The molecule has 1 amide bonds. The lowest BCUT2D eigenvalue weighted by Gasteiger charge is -2.21. The molecule has 0 aromatic carbocycles. The van der Waals surface area contributed by atoms with Gasteiger partial charge in [-0.3, -0.25) is 4.79 Å². The number of hydrogen-bond acceptors (Lipinski definition) is 4. The number of carbonyl (C=O) groups excluding carboxylic acids is 1. The molecule has 0 spiro atoms. The lowest BCUT2D eigenvalue weighted by Crippen LogP contribution is -2.33. The minimum Gasteiger partial charge on any atom is -0.337 e. The van der Waals surface area contributed by atoms with E-state index in [4.69, 9.17) is 0 Å². The van der Waals surface area contributed by atoms with Gasteiger partial charge in [-0.2, -0.15) is 0 Å². The maximum atomic E-state index is 12.4. The van der Waals surface area contributed by atoms with Crippen molar-refractivity contribution in [2.75, 3.05) is 0 Å². The van der Waals surface area contributed by atoms with E-state index in [-0.39, 0.29) is 5.91 Å². The summed E-state index contributed by atoms with van der Waals surface area (Å²) in [6.45, 7) is 0.560. The van der Waals surface area contributed by atoms with E-state index in [2.05, 4.69) is 9.97 Å². The van der Waals surface area contributed by atoms with Crippen LogP contribution in [0, 0.1) is 0 Å². The molecular formula is C12H14N4OS. The Morgan fingerprint density at radius 1 is 1.56 bits per heavy atom. The van der Waals surface area contributed by atoms with Crippen molar-refractivity contribution in [3.8, 4) is 0 Å². The highest BCUT2D eigenvalue weighted by Gasteiger charge is 2.34. The van der Waals surface area contributed by atoms with Crippen molar-refractivity contribution in [3.05, 3.63) is 34.8 Å². The van der Waals surface area contributed by atoms with Crippen LogP contribution in [0.25, 0.3) is 0 Å². The molecule has 6 heteroatoms. The lowest BCUT2D eigenvalue weighted by molar-refractivity contribution is 0.0719. The zero-order valence-corrected chi connectivity index (χ0v) is 10.9. The van der Waals surface area contributed by atoms with Gasteiger partial charge in [-0.15, -0.1) is 11.3 Å². The van der Waals surface area contributed by atoms with Gasteiger partial charge < -0.3 is 9.47 Å². The van der Waals surface area contributed by atoms with Gasteiger partial charge in [-0.05, 0) is 12.8 Å². The van der Waals surface area contributed by atoms with E-state index in [1.165, 1.54) is 11.3 Å². The van der Waals surface area contributed by atoms with E-state index in [9.17, 15) is 4.79 Å². The first-order valence-electron chi connectivity index (χ1n) is 5.91. The van der Waals surface area contributed by atoms with Crippen LogP contribution in [0.1, 0.15) is 29.2 Å². The molecule has 0 bridgehead atoms. The third kappa shape index (κ3) is 2.15. The average Bonchev–Trinajstić information content (AvgIpc) is 2.90. The summed E-state index contributed by atoms with van der Waals surface area (Å²) in [5.41, 5.74) is 2.24. The molecule has 2 aromatic heterocycles. The molecule has 0 atom stereocenters. The van der Waals surface area contributed by atoms with Crippen LogP contribution in [0.3, 0.4) is 0 Å². The van der Waals surface area contributed by atoms with E-state index >= 15 is 0 Å². The van der Waals surface area contributed by atoms with Crippen molar-refractivity contribution in [1.82, 2.24) is 19.4 Å². The summed E-state index contributed by atoms with van der Waals surface area (Å²) in [4.78, 5) is 22.6. The number of aryl methyl sites for hydroxylation is 1. The van der Waals surface area contributed by atoms with Crippen LogP contribution >= 0.6 is 11.3 Å². The number of carbonyl (C=O) groups is 1. The van der Waals surface area contributed by atoms with E-state index in [1.807, 2.05) is 22.7 Å². The van der Waals surface area contributed by atoms with Gasteiger partial charge in [-0.1, -0.05) is 0 Å². The third-order valence-corrected chi connectivity index (χ3v) is 3.72. The minimum absolute atomic E-state index is 0.0155. The van der Waals surface area contributed by atoms with Crippen molar-refractivity contribution < 1.29 is 4.79 Å². The van der Waals surface area contributed by atoms with E-state index in [0.29, 0.717) is 18.3 Å². The number of nitrogens with zero attached hydrogens (tertiary/aromatic N) is 4. The first kappa shape index (κ1) is 11.4. The fourth-order valence-corrected chi connectivity index (χ4v) is 2.45. The molecule has 1 saturated carbocycles. The van der Waals surface area contributed by atoms with Crippen molar-refractivity contribution in [1.29, 1.82) is 0 Å². The summed E-state index contributed by atoms with van der Waals surface area (Å²) in [6, 6.07) is 0.357. The Kier molecular flexibility index (Phi) is 2.87. The molecule has 2 heterocycles. The molecule has 0 aliphatic heterocycles. The topological polar surface area (TPSA) is 51.0 Å². The van der Waals surface area contributed by atoms with Gasteiger partial charge in [0.15, 0.2) is 0 Å². The molecule has 94 valence electrons. The smallest absolute Gasteiger partial charge is 0.273 e. The third-order valence-electron chi connectivity index (χ3n) is 3.13. The Balaban J connectivity index is 1.81. The Labute approximate surface area is 109 Å². The summed E-state index contributed by atoms with van der Waals surface area (Å²) in [5.74, 6) is 0.923. The standard InChI is InChI=1S/C12H14N4OS/c1-15-5-4-13-11(15)6-16(9-2-3-9)12(17)10-7-18-8-14-10/h4-5,7-9H,2-3,6H2,1H3. The Morgan fingerprint density at radius 2 is 2.39 bits per heavy atom. The van der Waals surface area contributed by atoms with Crippen molar-refractivity contribution >= 4 is 17.2 Å². The van der Waals surface area contributed by atoms with Gasteiger partial charge >= 0.3 is 0 Å². The van der Waals surface area contributed by atoms with Gasteiger partial charge in [0, 0.05) is 30.9 Å². The highest BCUT2D eigenvalue weighted by Crippen LogP contribution is 2.29. The summed E-state index contributed by atoms with van der Waals surface area (Å²) in [5, 5.41) is 1.80. The maximum absolute atomic E-state index is 12.4. The quantitative estimate of drug-likeness (QED) is 0.842. The second-order valence-corrected chi connectivity index (χ2v) is 5.21. The number of rotatable bonds is 4. The van der Waals surface area contributed by atoms with Gasteiger partial charge in [0.05, 0.1) is 12.1 Å². The number of imidazole rings is 1. The highest BCUT2D eigenvalue weighted by molar-refractivity contribution is 7.07. The van der Waals surface area contributed by atoms with Crippen molar-refractivity contribution in [2.24, 2.45) is 7.05 Å². The number of hydrogen-bond donors (Lipinski definition) is 0. The zero-order valence-electron chi connectivity index (χ0n) is 10.1. The normalized spacial score (nSPS) is 14.7. The molecule has 1 aliphatic carbocycles. The summed E-state index contributed by atoms with van der Waals surface area (Å²) in [7, 11) is 1.95. The molecule has 1 fully saturated rings. The average molecular weight is 262 g/mol. The molecule has 0 N–H and O–H groups in total. The van der Waals surface area contributed by atoms with Gasteiger partial charge in [0.1, 0.15) is 11.5 Å². The number of aromatic nitrogens is 3. The second kappa shape index (κ2) is 4.53. The molecule has 3 rings (SSSR count). The van der Waals surface area contributed by atoms with Crippen molar-refractivity contribution in [3.63, 3.8) is 0 Å². The van der Waals surface area contributed by atoms with Crippen LogP contribution in [0.5, 0.6) is 0 Å². The Bertz CT molecular complexity index is 544. The molecule has 18 heavy (non-hydrogen) atoms. The molecule has 0 radical (unpaired) electrons. The first-order chi connectivity index (χ1) is 8.75. The number of amides is 1. The second-order valence-electron chi connectivity index (χ2n) is 4.49. The van der Waals surface area contributed by atoms with Crippen LogP contribution in [-0.2, 0) is 13.6 Å². The Morgan fingerprint density at radius 3 is 2.94 bits per heavy atom. The van der Waals surface area contributed by atoms with Crippen LogP contribution in [0.2, 0.25) is 0 Å². The summed E-state index contributed by atoms with van der Waals surface area (Å²) in [6.07, 6.45) is 5.82. The highest BCUT2D eigenvalue weighted by atomic mass is 32.1. The van der Waals surface area contributed by atoms with E-state index in [0.717, 1.165) is 18.7 Å². The zero-order chi connectivity index (χ0) is 12.5. The molecule has 1 aliphatic rings. The molecule has 2 aromatic rings. The fraction of sp³-hybridized carbons (Fsp3) is 0.417. The summed E-state index contributed by atoms with van der Waals surface area (Å²) >= 11 is 1.45. The van der Waals surface area contributed by atoms with E-state index in [1.54, 1.807) is 17.1 Å². The maximum Gasteiger partial charge on any atom is 0.273 e. The van der Waals surface area contributed by atoms with Crippen LogP contribution in [0.15, 0.2) is 23.3 Å². The number of thiazole rings is 1. The minimum atomic E-state index is 0.0155.